The second-order valence-corrected chi connectivity index (χ2v) is 14.6. The zero-order valence-corrected chi connectivity index (χ0v) is 30.6. The number of carbonyl (C=O) groups is 5. The van der Waals surface area contributed by atoms with Gasteiger partial charge in [-0.15, -0.1) is 0 Å². The first-order chi connectivity index (χ1) is 26.5. The van der Waals surface area contributed by atoms with E-state index in [0.29, 0.717) is 0 Å². The number of esters is 3. The Hall–Kier alpha value is -3.51. The van der Waals surface area contributed by atoms with Gasteiger partial charge in [-0.25, -0.2) is 18.5 Å². The number of nitrogens with zero attached hydrogens (tertiary/aromatic N) is 3. The zero-order chi connectivity index (χ0) is 42.7. The highest BCUT2D eigenvalue weighted by Crippen LogP contribution is 2.70. The largest absolute Gasteiger partial charge is 0.462 e. The second-order valence-electron chi connectivity index (χ2n) is 14.6. The van der Waals surface area contributed by atoms with E-state index in [4.69, 9.17) is 51.2 Å². The number of nitrogens with two attached hydrogens (primary N) is 1. The molecular weight excluding hydrogens is 782 g/mol. The van der Waals surface area contributed by atoms with E-state index in [1.54, 1.807) is 0 Å². The highest BCUT2D eigenvalue weighted by atomic mass is 19.1. The number of halogens is 2. The van der Waals surface area contributed by atoms with E-state index in [1.807, 2.05) is 0 Å². The first kappa shape index (κ1) is 46.2. The van der Waals surface area contributed by atoms with Crippen LogP contribution in [0.1, 0.15) is 52.4 Å². The Kier molecular flexibility index (Phi) is 14.7. The average Bonchev–Trinajstić information content (AvgIpc) is 3.33. The summed E-state index contributed by atoms with van der Waals surface area (Å²) >= 11 is 0. The van der Waals surface area contributed by atoms with Crippen molar-refractivity contribution in [2.45, 2.75) is 94.2 Å². The summed E-state index contributed by atoms with van der Waals surface area (Å²) in [5, 5.41) is 73.7. The van der Waals surface area contributed by atoms with E-state index in [2.05, 4.69) is 14.5 Å². The van der Waals surface area contributed by atoms with E-state index in [1.165, 1.54) is 19.9 Å². The van der Waals surface area contributed by atoms with Crippen LogP contribution in [-0.4, -0.2) is 155 Å². The second kappa shape index (κ2) is 18.2. The number of hydrogen-bond acceptors (Lipinski definition) is 23. The Morgan fingerprint density at radius 2 is 1.60 bits per heavy atom. The predicted molar refractivity (Wildman–Crippen MR) is 171 cm³/mol. The van der Waals surface area contributed by atoms with Crippen LogP contribution in [0.15, 0.2) is 23.8 Å². The van der Waals surface area contributed by atoms with Gasteiger partial charge in [-0.1, -0.05) is 13.0 Å². The zero-order valence-electron chi connectivity index (χ0n) is 30.6. The van der Waals surface area contributed by atoms with Crippen LogP contribution in [-0.2, 0) is 52.7 Å². The fourth-order valence-electron chi connectivity index (χ4n) is 8.79. The summed E-state index contributed by atoms with van der Waals surface area (Å²) in [6.07, 6.45) is -7.60. The minimum absolute atomic E-state index is 0.187. The Balaban J connectivity index is 1.56. The van der Waals surface area contributed by atoms with Crippen molar-refractivity contribution in [3.8, 4) is 0 Å². The Labute approximate surface area is 321 Å². The lowest BCUT2D eigenvalue weighted by Gasteiger charge is -2.63. The summed E-state index contributed by atoms with van der Waals surface area (Å²) in [5.74, 6) is -8.17. The summed E-state index contributed by atoms with van der Waals surface area (Å²) < 4.78 is 49.2. The SMILES string of the molecule is C[C@]12C=CC(=O)C=C1[C@@H](F)CC1C3C[C@@H](O)[C@](OC(=O)CCCON(O)O)(C(=O)COC(=O)CC(N)C(=O)OCC(CON(O)O)ON(O)O)[C@@]3(C)C[C@H](O)C12F. The van der Waals surface area contributed by atoms with Crippen molar-refractivity contribution in [3.63, 3.8) is 0 Å². The molecule has 0 spiro atoms. The smallest absolute Gasteiger partial charge is 0.323 e. The third-order valence-electron chi connectivity index (χ3n) is 11.3. The third kappa shape index (κ3) is 9.22. The van der Waals surface area contributed by atoms with Crippen molar-refractivity contribution < 1.29 is 103 Å². The molecule has 3 fully saturated rings. The molecule has 0 amide bonds. The molecule has 0 aromatic heterocycles. The third-order valence-corrected chi connectivity index (χ3v) is 11.3. The molecule has 10 N–H and O–H groups in total. The molecule has 23 nitrogen and oxygen atoms in total. The molecule has 4 aliphatic rings. The topological polar surface area (TPSA) is 338 Å². The average molecular weight is 829 g/mol. The van der Waals surface area contributed by atoms with Gasteiger partial charge in [0.2, 0.25) is 11.4 Å². The maximum Gasteiger partial charge on any atom is 0.323 e. The Morgan fingerprint density at radius 1 is 0.930 bits per heavy atom. The van der Waals surface area contributed by atoms with Gasteiger partial charge in [-0.3, -0.25) is 60.1 Å². The maximum atomic E-state index is 17.7. The molecule has 322 valence electrons. The van der Waals surface area contributed by atoms with Crippen LogP contribution < -0.4 is 5.73 Å². The van der Waals surface area contributed by atoms with Crippen molar-refractivity contribution in [1.82, 2.24) is 16.2 Å². The van der Waals surface area contributed by atoms with Gasteiger partial charge in [0.1, 0.15) is 37.6 Å². The van der Waals surface area contributed by atoms with Crippen molar-refractivity contribution in [1.29, 1.82) is 0 Å². The predicted octanol–water partition coefficient (Wildman–Crippen LogP) is -0.884. The van der Waals surface area contributed by atoms with E-state index in [-0.39, 0.29) is 12.0 Å². The van der Waals surface area contributed by atoms with E-state index < -0.39 is 169 Å². The molecule has 4 aliphatic carbocycles. The number of Topliss-reactive ketones (excluding diaryl/α,β-unsaturated/α-hetero) is 1. The van der Waals surface area contributed by atoms with Crippen LogP contribution in [0.4, 0.5) is 8.78 Å². The molecule has 0 aromatic carbocycles. The van der Waals surface area contributed by atoms with E-state index in [0.717, 1.165) is 12.2 Å². The van der Waals surface area contributed by atoms with Crippen LogP contribution in [0.5, 0.6) is 0 Å². The molecule has 0 heterocycles. The molecule has 3 saturated carbocycles. The minimum Gasteiger partial charge on any atom is -0.462 e. The molecule has 5 unspecified atom stereocenters. The number of hydrogen-bond donors (Lipinski definition) is 9. The van der Waals surface area contributed by atoms with Gasteiger partial charge in [-0.2, -0.15) is 0 Å². The van der Waals surface area contributed by atoms with E-state index >= 15 is 8.78 Å². The molecule has 25 heteroatoms. The number of rotatable bonds is 19. The lowest BCUT2D eigenvalue weighted by molar-refractivity contribution is -0.527. The molecule has 11 atom stereocenters. The van der Waals surface area contributed by atoms with Crippen molar-refractivity contribution in [2.75, 3.05) is 26.4 Å². The number of alkyl halides is 2. The maximum absolute atomic E-state index is 17.7. The van der Waals surface area contributed by atoms with Gasteiger partial charge in [0.15, 0.2) is 18.1 Å². The van der Waals surface area contributed by atoms with E-state index in [9.17, 15) is 34.2 Å². The normalized spacial score (nSPS) is 34.3. The van der Waals surface area contributed by atoms with Crippen LogP contribution in [0.25, 0.3) is 0 Å². The molecular formula is C32H46F2N4O19. The number of ether oxygens (including phenoxy) is 3. The Bertz CT molecular complexity index is 1590. The molecule has 4 rings (SSSR count). The summed E-state index contributed by atoms with van der Waals surface area (Å²) in [7, 11) is 0. The number of fused-ring (bicyclic) bond motifs is 5. The van der Waals surface area contributed by atoms with Crippen LogP contribution in [0.3, 0.4) is 0 Å². The minimum atomic E-state index is -2.66. The first-order valence-electron chi connectivity index (χ1n) is 17.5. The standard InChI is InChI=1S/C32H46F2N4O19/c1-29-6-5-16(39)8-20(29)21(33)9-19-18-10-23(40)32(30(18,2)12-24(41)31(19,29)34,56-26(43)4-3-7-54-36(46)47)25(42)15-52-27(44)11-22(35)28(45)53-13-17(57-38(50)51)14-55-37(48)49/h5-6,8,17-19,21-24,40-41,46-51H,3-4,7,9-15,35H2,1-2H3/t17?,18?,19?,21-,22?,23+,24-,29-,30-,31?,32-/m0/s1. The van der Waals surface area contributed by atoms with Gasteiger partial charge >= 0.3 is 17.9 Å². The summed E-state index contributed by atoms with van der Waals surface area (Å²) in [5.41, 5.74) is -3.47. The number of ketones is 2. The fraction of sp³-hybridized carbons (Fsp3) is 0.719. The van der Waals surface area contributed by atoms with Crippen LogP contribution in [0, 0.1) is 22.7 Å². The van der Waals surface area contributed by atoms with Crippen molar-refractivity contribution >= 4 is 29.5 Å². The number of allylic oxidation sites excluding steroid dienone is 4. The molecule has 57 heavy (non-hydrogen) atoms. The highest BCUT2D eigenvalue weighted by molar-refractivity contribution is 6.01. The highest BCUT2D eigenvalue weighted by Gasteiger charge is 2.79. The van der Waals surface area contributed by atoms with Gasteiger partial charge in [0.25, 0.3) is 0 Å². The van der Waals surface area contributed by atoms with Crippen LogP contribution >= 0.6 is 0 Å². The summed E-state index contributed by atoms with van der Waals surface area (Å²) in [6.45, 7) is -0.673. The molecule has 0 radical (unpaired) electrons. The van der Waals surface area contributed by atoms with Gasteiger partial charge in [0, 0.05) is 23.2 Å². The summed E-state index contributed by atoms with van der Waals surface area (Å²) in [6, 6.07) is -1.78. The molecule has 0 saturated heterocycles. The van der Waals surface area contributed by atoms with Gasteiger partial charge < -0.3 is 30.2 Å². The summed E-state index contributed by atoms with van der Waals surface area (Å²) in [4.78, 5) is 78.0. The number of carbonyl (C=O) groups excluding carboxylic acids is 5. The quantitative estimate of drug-likeness (QED) is 0.0330. The van der Waals surface area contributed by atoms with Crippen molar-refractivity contribution in [2.24, 2.45) is 28.4 Å². The van der Waals surface area contributed by atoms with Gasteiger partial charge in [-0.05, 0) is 56.3 Å². The molecule has 0 aromatic rings. The Morgan fingerprint density at radius 3 is 2.23 bits per heavy atom. The fourth-order valence-corrected chi connectivity index (χ4v) is 8.79. The molecule has 0 aliphatic heterocycles. The number of aliphatic hydroxyl groups is 2. The van der Waals surface area contributed by atoms with Crippen LogP contribution in [0.2, 0.25) is 0 Å². The van der Waals surface area contributed by atoms with Gasteiger partial charge in [0.05, 0.1) is 35.3 Å². The monoisotopic (exact) mass is 828 g/mol. The van der Waals surface area contributed by atoms with Crippen molar-refractivity contribution in [3.05, 3.63) is 23.8 Å². The lowest BCUT2D eigenvalue weighted by atomic mass is 9.44. The number of aliphatic hydroxyl groups excluding tert-OH is 2. The molecule has 0 bridgehead atoms. The lowest BCUT2D eigenvalue weighted by Crippen LogP contribution is -2.71. The first-order valence-corrected chi connectivity index (χ1v) is 17.5.